The molecule has 20 heavy (non-hydrogen) atoms. The minimum absolute atomic E-state index is 0.0714. The first-order valence-corrected chi connectivity index (χ1v) is 6.84. The molecule has 2 aliphatic rings. The van der Waals surface area contributed by atoms with Crippen molar-refractivity contribution in [3.8, 4) is 0 Å². The van der Waals surface area contributed by atoms with Crippen LogP contribution in [-0.4, -0.2) is 75.5 Å². The number of carboxylic acids is 1. The van der Waals surface area contributed by atoms with E-state index in [0.29, 0.717) is 13.1 Å². The van der Waals surface area contributed by atoms with Crippen molar-refractivity contribution < 1.29 is 24.5 Å². The first-order valence-electron chi connectivity index (χ1n) is 6.84. The van der Waals surface area contributed by atoms with Gasteiger partial charge in [0, 0.05) is 19.5 Å². The van der Waals surface area contributed by atoms with Gasteiger partial charge in [0.25, 0.3) is 0 Å². The molecule has 7 heteroatoms. The number of carboxylic acid groups (broad SMARTS) is 1. The van der Waals surface area contributed by atoms with E-state index in [1.165, 1.54) is 4.90 Å². The molecule has 2 fully saturated rings. The predicted molar refractivity (Wildman–Crippen MR) is 70.3 cm³/mol. The van der Waals surface area contributed by atoms with Crippen molar-refractivity contribution in [1.29, 1.82) is 0 Å². The summed E-state index contributed by atoms with van der Waals surface area (Å²) in [5.74, 6) is -1.07. The Hall–Kier alpha value is -1.34. The molecule has 0 aromatic rings. The van der Waals surface area contributed by atoms with Gasteiger partial charge in [-0.1, -0.05) is 0 Å². The third kappa shape index (κ3) is 3.04. The second-order valence-corrected chi connectivity index (χ2v) is 6.25. The number of amides is 2. The number of morpholine rings is 1. The van der Waals surface area contributed by atoms with Crippen molar-refractivity contribution in [3.05, 3.63) is 0 Å². The lowest BCUT2D eigenvalue weighted by molar-refractivity contribution is -0.142. The van der Waals surface area contributed by atoms with Gasteiger partial charge in [0.2, 0.25) is 0 Å². The highest BCUT2D eigenvalue weighted by Crippen LogP contribution is 2.25. The summed E-state index contributed by atoms with van der Waals surface area (Å²) in [6, 6.07) is -1.28. The Bertz CT molecular complexity index is 412. The summed E-state index contributed by atoms with van der Waals surface area (Å²) in [7, 11) is 0. The van der Waals surface area contributed by atoms with Crippen LogP contribution in [0.15, 0.2) is 0 Å². The highest BCUT2D eigenvalue weighted by atomic mass is 16.5. The molecule has 7 nitrogen and oxygen atoms in total. The molecule has 2 heterocycles. The van der Waals surface area contributed by atoms with Crippen molar-refractivity contribution in [2.45, 2.75) is 51.0 Å². The molecule has 2 amide bonds. The van der Waals surface area contributed by atoms with Gasteiger partial charge in [0.1, 0.15) is 6.04 Å². The number of hydrogen-bond acceptors (Lipinski definition) is 4. The maximum absolute atomic E-state index is 12.5. The third-order valence-corrected chi connectivity index (χ3v) is 3.65. The number of likely N-dealkylation sites (tertiary alicyclic amines) is 1. The average Bonchev–Trinajstić information content (AvgIpc) is 2.67. The number of aliphatic hydroxyl groups is 1. The number of nitrogens with zero attached hydrogens (tertiary/aromatic N) is 2. The molecule has 2 N–H and O–H groups in total. The van der Waals surface area contributed by atoms with E-state index < -0.39 is 23.7 Å². The number of aliphatic carboxylic acids is 1. The lowest BCUT2D eigenvalue weighted by Crippen LogP contribution is -2.58. The third-order valence-electron chi connectivity index (χ3n) is 3.65. The van der Waals surface area contributed by atoms with Crippen LogP contribution in [0.1, 0.15) is 27.2 Å². The summed E-state index contributed by atoms with van der Waals surface area (Å²) >= 11 is 0. The molecule has 0 bridgehead atoms. The summed E-state index contributed by atoms with van der Waals surface area (Å²) in [6.45, 7) is 6.60. The van der Waals surface area contributed by atoms with Gasteiger partial charge in [-0.2, -0.15) is 0 Å². The van der Waals surface area contributed by atoms with E-state index in [0.717, 1.165) is 0 Å². The molecule has 2 aliphatic heterocycles. The molecular formula is C13H22N2O5. The quantitative estimate of drug-likeness (QED) is 0.715. The first kappa shape index (κ1) is 15.1. The number of rotatable bonds is 1. The maximum Gasteiger partial charge on any atom is 0.326 e. The van der Waals surface area contributed by atoms with Crippen LogP contribution in [0.25, 0.3) is 0 Å². The molecule has 0 saturated carbocycles. The Kier molecular flexibility index (Phi) is 3.93. The van der Waals surface area contributed by atoms with Crippen molar-refractivity contribution >= 4 is 12.0 Å². The van der Waals surface area contributed by atoms with Crippen molar-refractivity contribution in [1.82, 2.24) is 9.80 Å². The smallest absolute Gasteiger partial charge is 0.326 e. The molecule has 0 radical (unpaired) electrons. The van der Waals surface area contributed by atoms with Gasteiger partial charge in [0.15, 0.2) is 0 Å². The average molecular weight is 286 g/mol. The number of β-amino-alcohol motifs (C(OH)–C–C–N with tert-alkyl or cyclic N) is 1. The van der Waals surface area contributed by atoms with E-state index in [1.807, 2.05) is 20.8 Å². The number of hydrogen-bond donors (Lipinski definition) is 2. The summed E-state index contributed by atoms with van der Waals surface area (Å²) < 4.78 is 5.73. The molecule has 114 valence electrons. The summed E-state index contributed by atoms with van der Waals surface area (Å²) in [4.78, 5) is 26.6. The van der Waals surface area contributed by atoms with Crippen LogP contribution in [0.5, 0.6) is 0 Å². The monoisotopic (exact) mass is 286 g/mol. The van der Waals surface area contributed by atoms with E-state index >= 15 is 0 Å². The van der Waals surface area contributed by atoms with Crippen molar-refractivity contribution in [2.24, 2.45) is 0 Å². The molecule has 2 rings (SSSR count). The molecule has 0 spiro atoms. The first-order chi connectivity index (χ1) is 9.19. The summed E-state index contributed by atoms with van der Waals surface area (Å²) in [5, 5.41) is 18.8. The van der Waals surface area contributed by atoms with E-state index in [1.54, 1.807) is 4.90 Å². The molecular weight excluding hydrogens is 264 g/mol. The van der Waals surface area contributed by atoms with Crippen LogP contribution >= 0.6 is 0 Å². The zero-order chi connectivity index (χ0) is 15.1. The molecule has 0 aromatic heterocycles. The van der Waals surface area contributed by atoms with Gasteiger partial charge in [0.05, 0.1) is 24.4 Å². The van der Waals surface area contributed by atoms with E-state index in [2.05, 4.69) is 0 Å². The SMILES string of the molecule is CC1CN(C(=O)N2CC(O)CC2C(=O)O)CC(C)(C)O1. The Morgan fingerprint density at radius 3 is 2.50 bits per heavy atom. The number of carbonyl (C=O) groups is 2. The fourth-order valence-electron chi connectivity index (χ4n) is 3.04. The van der Waals surface area contributed by atoms with Crippen LogP contribution in [0.4, 0.5) is 4.79 Å². The predicted octanol–water partition coefficient (Wildman–Crippen LogP) is 0.125. The Balaban J connectivity index is 2.12. The second-order valence-electron chi connectivity index (χ2n) is 6.25. The Labute approximate surface area is 118 Å². The standard InChI is InChI=1S/C13H22N2O5/c1-8-5-14(7-13(2,3)20-8)12(19)15-6-9(16)4-10(15)11(17)18/h8-10,16H,4-7H2,1-3H3,(H,17,18). The van der Waals surface area contributed by atoms with E-state index in [4.69, 9.17) is 9.84 Å². The van der Waals surface area contributed by atoms with Gasteiger partial charge in [-0.15, -0.1) is 0 Å². The van der Waals surface area contributed by atoms with Crippen LogP contribution in [0, 0.1) is 0 Å². The van der Waals surface area contributed by atoms with Gasteiger partial charge in [-0.05, 0) is 20.8 Å². The van der Waals surface area contributed by atoms with Crippen LogP contribution in [0.3, 0.4) is 0 Å². The van der Waals surface area contributed by atoms with E-state index in [9.17, 15) is 14.7 Å². The zero-order valence-corrected chi connectivity index (χ0v) is 12.1. The molecule has 0 aromatic carbocycles. The lowest BCUT2D eigenvalue weighted by Gasteiger charge is -2.43. The zero-order valence-electron chi connectivity index (χ0n) is 12.1. The molecule has 0 aliphatic carbocycles. The minimum Gasteiger partial charge on any atom is -0.480 e. The summed E-state index contributed by atoms with van der Waals surface area (Å²) in [6.07, 6.45) is -0.783. The van der Waals surface area contributed by atoms with Crippen LogP contribution < -0.4 is 0 Å². The number of carbonyl (C=O) groups excluding carboxylic acids is 1. The largest absolute Gasteiger partial charge is 0.480 e. The molecule has 3 atom stereocenters. The Morgan fingerprint density at radius 2 is 1.95 bits per heavy atom. The fourth-order valence-corrected chi connectivity index (χ4v) is 3.04. The Morgan fingerprint density at radius 1 is 1.30 bits per heavy atom. The topological polar surface area (TPSA) is 90.3 Å². The molecule has 3 unspecified atom stereocenters. The van der Waals surface area contributed by atoms with E-state index in [-0.39, 0.29) is 25.1 Å². The van der Waals surface area contributed by atoms with Gasteiger partial charge >= 0.3 is 12.0 Å². The van der Waals surface area contributed by atoms with Crippen molar-refractivity contribution in [3.63, 3.8) is 0 Å². The maximum atomic E-state index is 12.5. The van der Waals surface area contributed by atoms with Crippen molar-refractivity contribution in [2.75, 3.05) is 19.6 Å². The highest BCUT2D eigenvalue weighted by Gasteiger charge is 2.43. The lowest BCUT2D eigenvalue weighted by atomic mass is 10.1. The number of aliphatic hydroxyl groups excluding tert-OH is 1. The summed E-state index contributed by atoms with van der Waals surface area (Å²) in [5.41, 5.74) is -0.454. The number of urea groups is 1. The second kappa shape index (κ2) is 5.21. The van der Waals surface area contributed by atoms with Gasteiger partial charge in [-0.25, -0.2) is 9.59 Å². The molecule has 2 saturated heterocycles. The van der Waals surface area contributed by atoms with Crippen LogP contribution in [0.2, 0.25) is 0 Å². The minimum atomic E-state index is -1.07. The van der Waals surface area contributed by atoms with Gasteiger partial charge < -0.3 is 24.7 Å². The van der Waals surface area contributed by atoms with Crippen LogP contribution in [-0.2, 0) is 9.53 Å². The normalized spacial score (nSPS) is 33.3. The van der Waals surface area contributed by atoms with Gasteiger partial charge in [-0.3, -0.25) is 0 Å². The highest BCUT2D eigenvalue weighted by molar-refractivity contribution is 5.83. The number of ether oxygens (including phenoxy) is 1. The fraction of sp³-hybridized carbons (Fsp3) is 0.846.